The van der Waals surface area contributed by atoms with Gasteiger partial charge in [0.1, 0.15) is 18.0 Å². The fourth-order valence-corrected chi connectivity index (χ4v) is 5.34. The summed E-state index contributed by atoms with van der Waals surface area (Å²) >= 11 is 0. The Morgan fingerprint density at radius 2 is 0.864 bits per heavy atom. The van der Waals surface area contributed by atoms with Gasteiger partial charge >= 0.3 is 0 Å². The zero-order valence-electron chi connectivity index (χ0n) is 28.6. The van der Waals surface area contributed by atoms with Crippen LogP contribution in [-0.4, -0.2) is 45.7 Å². The Kier molecular flexibility index (Phi) is 33.1. The van der Waals surface area contributed by atoms with Gasteiger partial charge in [0.2, 0.25) is 0 Å². The van der Waals surface area contributed by atoms with Crippen LogP contribution in [-0.2, 0) is 9.59 Å². The van der Waals surface area contributed by atoms with E-state index in [-0.39, 0.29) is 6.42 Å². The van der Waals surface area contributed by atoms with Gasteiger partial charge in [0, 0.05) is 19.3 Å². The van der Waals surface area contributed by atoms with E-state index in [1.165, 1.54) is 77.0 Å². The number of aliphatic hydroxyl groups excluding tert-OH is 3. The molecule has 0 aliphatic carbocycles. The van der Waals surface area contributed by atoms with Gasteiger partial charge in [-0.05, 0) is 77.0 Å². The molecule has 2 atom stereocenters. The first-order valence-electron chi connectivity index (χ1n) is 18.5. The number of aliphatic hydroxyl groups is 3. The minimum atomic E-state index is -1.47. The molecule has 0 radical (unpaired) electrons. The molecule has 0 aliphatic heterocycles. The summed E-state index contributed by atoms with van der Waals surface area (Å²) in [5, 5.41) is 27.6. The van der Waals surface area contributed by atoms with Gasteiger partial charge in [-0.2, -0.15) is 0 Å². The number of carbonyl (C=O) groups excluding carboxylic acids is 2. The highest BCUT2D eigenvalue weighted by Crippen LogP contribution is 2.13. The summed E-state index contributed by atoms with van der Waals surface area (Å²) in [5.41, 5.74) is 0. The number of hydrogen-bond donors (Lipinski definition) is 3. The van der Waals surface area contributed by atoms with Gasteiger partial charge in [0.05, 0.1) is 6.61 Å². The lowest BCUT2D eigenvalue weighted by Gasteiger charge is -2.13. The second-order valence-corrected chi connectivity index (χ2v) is 12.6. The van der Waals surface area contributed by atoms with Crippen molar-refractivity contribution in [2.75, 3.05) is 6.61 Å². The maximum absolute atomic E-state index is 12.1. The molecule has 0 aromatic rings. The van der Waals surface area contributed by atoms with E-state index in [0.29, 0.717) is 12.2 Å². The van der Waals surface area contributed by atoms with E-state index < -0.39 is 24.6 Å². The van der Waals surface area contributed by atoms with Crippen LogP contribution < -0.4 is 0 Å². The Balaban J connectivity index is 3.39. The van der Waals surface area contributed by atoms with Crippen LogP contribution in [0.3, 0.4) is 0 Å². The average molecular weight is 619 g/mol. The van der Waals surface area contributed by atoms with Crippen molar-refractivity contribution >= 4 is 11.6 Å². The summed E-state index contributed by atoms with van der Waals surface area (Å²) in [4.78, 5) is 23.8. The quantitative estimate of drug-likeness (QED) is 0.0493. The van der Waals surface area contributed by atoms with Crippen molar-refractivity contribution < 1.29 is 24.9 Å². The number of allylic oxidation sites excluding steroid dienone is 6. The first-order chi connectivity index (χ1) is 21.5. The van der Waals surface area contributed by atoms with Crippen LogP contribution >= 0.6 is 0 Å². The van der Waals surface area contributed by atoms with E-state index in [2.05, 4.69) is 43.4 Å². The summed E-state index contributed by atoms with van der Waals surface area (Å²) < 4.78 is 0. The lowest BCUT2D eigenvalue weighted by molar-refractivity contribution is -0.134. The molecule has 5 nitrogen and oxygen atoms in total. The summed E-state index contributed by atoms with van der Waals surface area (Å²) in [6.07, 6.45) is 40.9. The molecule has 0 bridgehead atoms. The maximum atomic E-state index is 12.1. The normalized spacial score (nSPS) is 13.5. The van der Waals surface area contributed by atoms with Crippen LogP contribution in [0, 0.1) is 0 Å². The van der Waals surface area contributed by atoms with Crippen molar-refractivity contribution in [2.45, 2.75) is 192 Å². The molecular formula is C39H70O5. The van der Waals surface area contributed by atoms with Crippen molar-refractivity contribution in [1.29, 1.82) is 0 Å². The van der Waals surface area contributed by atoms with Crippen molar-refractivity contribution in [1.82, 2.24) is 0 Å². The molecule has 5 heteroatoms. The second-order valence-electron chi connectivity index (χ2n) is 12.6. The Bertz CT molecular complexity index is 726. The molecule has 0 saturated carbocycles. The smallest absolute Gasteiger partial charge is 0.164 e. The molecule has 0 amide bonds. The van der Waals surface area contributed by atoms with E-state index in [4.69, 9.17) is 5.11 Å². The molecule has 0 aromatic carbocycles. The predicted octanol–water partition coefficient (Wildman–Crippen LogP) is 10.1. The number of rotatable bonds is 34. The van der Waals surface area contributed by atoms with E-state index in [9.17, 15) is 19.8 Å². The standard InChI is InChI=1S/C39H70O5/c1-2-3-4-5-6-7-8-9-11-14-17-20-23-26-29-32-36(41)33-30-27-24-21-18-15-12-10-13-16-19-22-25-28-31-34-37(42)39(44)38(43)35-40/h9-11,13,15,18,38-40,43-44H,2-8,12,14,16-17,19-35H2,1H3/b11-9-,13-10-,18-15-. The van der Waals surface area contributed by atoms with Crippen molar-refractivity contribution in [3.63, 3.8) is 0 Å². The van der Waals surface area contributed by atoms with E-state index in [1.807, 2.05) is 0 Å². The second kappa shape index (κ2) is 34.3. The Morgan fingerprint density at radius 3 is 1.32 bits per heavy atom. The lowest BCUT2D eigenvalue weighted by atomic mass is 10.0. The number of Topliss-reactive ketones (excluding diaryl/α,β-unsaturated/α-hetero) is 2. The summed E-state index contributed by atoms with van der Waals surface area (Å²) in [6, 6.07) is 0. The molecule has 0 aromatic heterocycles. The third-order valence-electron chi connectivity index (χ3n) is 8.32. The molecule has 0 rings (SSSR count). The molecular weight excluding hydrogens is 548 g/mol. The summed E-state index contributed by atoms with van der Waals surface area (Å²) in [6.45, 7) is 1.67. The third kappa shape index (κ3) is 30.5. The minimum Gasteiger partial charge on any atom is -0.394 e. The molecule has 44 heavy (non-hydrogen) atoms. The highest BCUT2D eigenvalue weighted by atomic mass is 16.4. The molecule has 0 spiro atoms. The zero-order chi connectivity index (χ0) is 32.4. The molecule has 0 aliphatic rings. The fourth-order valence-electron chi connectivity index (χ4n) is 5.34. The highest BCUT2D eigenvalue weighted by molar-refractivity contribution is 5.83. The summed E-state index contributed by atoms with van der Waals surface area (Å²) in [5.74, 6) is 0.0603. The number of carbonyl (C=O) groups is 2. The molecule has 0 fully saturated rings. The van der Waals surface area contributed by atoms with Crippen LogP contribution in [0.25, 0.3) is 0 Å². The van der Waals surface area contributed by atoms with Gasteiger partial charge in [-0.15, -0.1) is 0 Å². The van der Waals surface area contributed by atoms with Gasteiger partial charge in [-0.1, -0.05) is 120 Å². The maximum Gasteiger partial charge on any atom is 0.164 e. The van der Waals surface area contributed by atoms with Gasteiger partial charge in [0.25, 0.3) is 0 Å². The first-order valence-corrected chi connectivity index (χ1v) is 18.5. The van der Waals surface area contributed by atoms with Gasteiger partial charge in [-0.3, -0.25) is 9.59 Å². The van der Waals surface area contributed by atoms with Gasteiger partial charge in [0.15, 0.2) is 5.78 Å². The average Bonchev–Trinajstić information content (AvgIpc) is 3.03. The van der Waals surface area contributed by atoms with Crippen LogP contribution in [0.15, 0.2) is 36.5 Å². The molecule has 0 heterocycles. The Labute approximate surface area is 271 Å². The number of unbranched alkanes of at least 4 members (excludes halogenated alkanes) is 19. The van der Waals surface area contributed by atoms with Crippen LogP contribution in [0.2, 0.25) is 0 Å². The van der Waals surface area contributed by atoms with Gasteiger partial charge < -0.3 is 15.3 Å². The number of hydrogen-bond acceptors (Lipinski definition) is 5. The zero-order valence-corrected chi connectivity index (χ0v) is 28.6. The van der Waals surface area contributed by atoms with E-state index in [1.54, 1.807) is 0 Å². The Morgan fingerprint density at radius 1 is 0.500 bits per heavy atom. The van der Waals surface area contributed by atoms with Crippen molar-refractivity contribution in [2.24, 2.45) is 0 Å². The highest BCUT2D eigenvalue weighted by Gasteiger charge is 2.22. The van der Waals surface area contributed by atoms with Crippen LogP contribution in [0.4, 0.5) is 0 Å². The molecule has 0 saturated heterocycles. The largest absolute Gasteiger partial charge is 0.394 e. The predicted molar refractivity (Wildman–Crippen MR) is 187 cm³/mol. The summed E-state index contributed by atoms with van der Waals surface area (Å²) in [7, 11) is 0. The van der Waals surface area contributed by atoms with Crippen molar-refractivity contribution in [3.8, 4) is 0 Å². The van der Waals surface area contributed by atoms with E-state index >= 15 is 0 Å². The SMILES string of the molecule is CCCCCCCC/C=C\CCCCCCCC(=O)CCCCC/C=C\C/C=C\CCCCCCCC(=O)C(O)C(O)CO. The van der Waals surface area contributed by atoms with E-state index in [0.717, 1.165) is 83.5 Å². The topological polar surface area (TPSA) is 94.8 Å². The minimum absolute atomic E-state index is 0.251. The Hall–Kier alpha value is -1.56. The molecule has 2 unspecified atom stereocenters. The number of ketones is 2. The van der Waals surface area contributed by atoms with Crippen LogP contribution in [0.1, 0.15) is 180 Å². The third-order valence-corrected chi connectivity index (χ3v) is 8.32. The van der Waals surface area contributed by atoms with Crippen LogP contribution in [0.5, 0.6) is 0 Å². The first kappa shape index (κ1) is 42.4. The molecule has 3 N–H and O–H groups in total. The lowest BCUT2D eigenvalue weighted by Crippen LogP contribution is -2.36. The monoisotopic (exact) mass is 619 g/mol. The van der Waals surface area contributed by atoms with Crippen molar-refractivity contribution in [3.05, 3.63) is 36.5 Å². The van der Waals surface area contributed by atoms with Gasteiger partial charge in [-0.25, -0.2) is 0 Å². The molecule has 256 valence electrons. The fraction of sp³-hybridized carbons (Fsp3) is 0.795.